The van der Waals surface area contributed by atoms with E-state index in [-0.39, 0.29) is 5.91 Å². The first-order chi connectivity index (χ1) is 8.59. The van der Waals surface area contributed by atoms with Gasteiger partial charge < -0.3 is 5.32 Å². The van der Waals surface area contributed by atoms with Crippen LogP contribution in [-0.2, 0) is 4.79 Å². The van der Waals surface area contributed by atoms with Crippen molar-refractivity contribution in [1.82, 2.24) is 5.32 Å². The Morgan fingerprint density at radius 3 is 2.67 bits per heavy atom. The lowest BCUT2D eigenvalue weighted by Crippen LogP contribution is -2.35. The first-order valence-corrected chi connectivity index (χ1v) is 7.04. The molecule has 1 aromatic rings. The summed E-state index contributed by atoms with van der Waals surface area (Å²) in [5.41, 5.74) is 3.21. The molecule has 98 valence electrons. The maximum Gasteiger partial charge on any atom is 0.242 e. The second-order valence-electron chi connectivity index (χ2n) is 5.14. The zero-order valence-electron chi connectivity index (χ0n) is 11.0. The van der Waals surface area contributed by atoms with Crippen molar-refractivity contribution in [1.29, 1.82) is 0 Å². The molecule has 1 aromatic carbocycles. The fraction of sp³-hybridized carbons (Fsp3) is 0.533. The van der Waals surface area contributed by atoms with Gasteiger partial charge in [-0.3, -0.25) is 4.79 Å². The summed E-state index contributed by atoms with van der Waals surface area (Å²) in [7, 11) is 0. The lowest BCUT2D eigenvalue weighted by atomic mass is 10.0. The van der Waals surface area contributed by atoms with E-state index in [9.17, 15) is 4.79 Å². The average molecular weight is 266 g/mol. The third-order valence-electron chi connectivity index (χ3n) is 3.85. The summed E-state index contributed by atoms with van der Waals surface area (Å²) in [6.45, 7) is 4.06. The molecule has 1 fully saturated rings. The van der Waals surface area contributed by atoms with Crippen LogP contribution < -0.4 is 5.32 Å². The maximum absolute atomic E-state index is 12.1. The highest BCUT2D eigenvalue weighted by molar-refractivity contribution is 6.30. The molecule has 1 aliphatic carbocycles. The number of carbonyl (C=O) groups is 1. The van der Waals surface area contributed by atoms with Crippen LogP contribution in [0.2, 0.25) is 0 Å². The number of alkyl halides is 1. The number of hydrogen-bond acceptors (Lipinski definition) is 1. The number of aryl methyl sites for hydroxylation is 1. The molecule has 0 spiro atoms. The SMILES string of the molecule is Cc1cccc(C(Cl)C(=O)NC2CCCC2)c1C. The number of rotatable bonds is 3. The van der Waals surface area contributed by atoms with Crippen molar-refractivity contribution in [3.63, 3.8) is 0 Å². The maximum atomic E-state index is 12.1. The topological polar surface area (TPSA) is 29.1 Å². The molecule has 3 heteroatoms. The fourth-order valence-corrected chi connectivity index (χ4v) is 2.83. The molecule has 0 aliphatic heterocycles. The van der Waals surface area contributed by atoms with E-state index in [1.165, 1.54) is 18.4 Å². The van der Waals surface area contributed by atoms with E-state index in [0.29, 0.717) is 6.04 Å². The van der Waals surface area contributed by atoms with Crippen molar-refractivity contribution >= 4 is 17.5 Å². The molecule has 0 saturated heterocycles. The van der Waals surface area contributed by atoms with Gasteiger partial charge in [0.2, 0.25) is 5.91 Å². The van der Waals surface area contributed by atoms with Gasteiger partial charge in [-0.05, 0) is 43.4 Å². The van der Waals surface area contributed by atoms with Gasteiger partial charge in [0.05, 0.1) is 0 Å². The molecule has 1 unspecified atom stereocenters. The molecule has 0 radical (unpaired) electrons. The van der Waals surface area contributed by atoms with E-state index in [1.54, 1.807) is 0 Å². The Bertz CT molecular complexity index is 438. The molecule has 0 aromatic heterocycles. The van der Waals surface area contributed by atoms with Crippen molar-refractivity contribution in [2.45, 2.75) is 50.9 Å². The first-order valence-electron chi connectivity index (χ1n) is 6.60. The van der Waals surface area contributed by atoms with Gasteiger partial charge in [0.15, 0.2) is 0 Å². The van der Waals surface area contributed by atoms with Gasteiger partial charge in [-0.25, -0.2) is 0 Å². The van der Waals surface area contributed by atoms with Gasteiger partial charge in [-0.15, -0.1) is 11.6 Å². The molecule has 1 saturated carbocycles. The third kappa shape index (κ3) is 2.86. The van der Waals surface area contributed by atoms with Crippen LogP contribution in [-0.4, -0.2) is 11.9 Å². The Balaban J connectivity index is 2.07. The molecule has 1 atom stereocenters. The summed E-state index contributed by atoms with van der Waals surface area (Å²) in [5.74, 6) is -0.0581. The first kappa shape index (κ1) is 13.4. The largest absolute Gasteiger partial charge is 0.352 e. The third-order valence-corrected chi connectivity index (χ3v) is 4.28. The van der Waals surface area contributed by atoms with Crippen molar-refractivity contribution in [2.75, 3.05) is 0 Å². The Kier molecular flexibility index (Phi) is 4.28. The van der Waals surface area contributed by atoms with E-state index in [4.69, 9.17) is 11.6 Å². The molecular weight excluding hydrogens is 246 g/mol. The monoisotopic (exact) mass is 265 g/mol. The van der Waals surface area contributed by atoms with Crippen LogP contribution in [0, 0.1) is 13.8 Å². The predicted molar refractivity (Wildman–Crippen MR) is 74.9 cm³/mol. The van der Waals surface area contributed by atoms with Crippen molar-refractivity contribution in [3.05, 3.63) is 34.9 Å². The quantitative estimate of drug-likeness (QED) is 0.831. The number of amides is 1. The van der Waals surface area contributed by atoms with E-state index in [2.05, 4.69) is 5.32 Å². The van der Waals surface area contributed by atoms with Crippen molar-refractivity contribution in [3.8, 4) is 0 Å². The minimum atomic E-state index is -0.578. The molecule has 1 aliphatic rings. The van der Waals surface area contributed by atoms with E-state index < -0.39 is 5.38 Å². The summed E-state index contributed by atoms with van der Waals surface area (Å²) in [6, 6.07) is 6.26. The predicted octanol–water partition coefficient (Wildman–Crippen LogP) is 3.64. The average Bonchev–Trinajstić information content (AvgIpc) is 2.84. The number of carbonyl (C=O) groups excluding carboxylic acids is 1. The minimum Gasteiger partial charge on any atom is -0.352 e. The second kappa shape index (κ2) is 5.75. The Morgan fingerprint density at radius 1 is 1.33 bits per heavy atom. The van der Waals surface area contributed by atoms with Crippen LogP contribution in [0.1, 0.15) is 47.8 Å². The van der Waals surface area contributed by atoms with Gasteiger partial charge in [-0.1, -0.05) is 31.0 Å². The number of benzene rings is 1. The highest BCUT2D eigenvalue weighted by Crippen LogP contribution is 2.27. The highest BCUT2D eigenvalue weighted by Gasteiger charge is 2.24. The smallest absolute Gasteiger partial charge is 0.242 e. The van der Waals surface area contributed by atoms with E-state index >= 15 is 0 Å². The van der Waals surface area contributed by atoms with Gasteiger partial charge in [0, 0.05) is 6.04 Å². The van der Waals surface area contributed by atoms with Gasteiger partial charge >= 0.3 is 0 Å². The van der Waals surface area contributed by atoms with Crippen LogP contribution >= 0.6 is 11.6 Å². The summed E-state index contributed by atoms with van der Waals surface area (Å²) in [5, 5.41) is 2.47. The second-order valence-corrected chi connectivity index (χ2v) is 5.58. The summed E-state index contributed by atoms with van der Waals surface area (Å²) < 4.78 is 0. The summed E-state index contributed by atoms with van der Waals surface area (Å²) >= 11 is 6.30. The molecule has 1 amide bonds. The van der Waals surface area contributed by atoms with Crippen LogP contribution in [0.3, 0.4) is 0 Å². The van der Waals surface area contributed by atoms with Crippen molar-refractivity contribution < 1.29 is 4.79 Å². The van der Waals surface area contributed by atoms with Gasteiger partial charge in [0.25, 0.3) is 0 Å². The summed E-state index contributed by atoms with van der Waals surface area (Å²) in [6.07, 6.45) is 4.59. The Hall–Kier alpha value is -1.02. The van der Waals surface area contributed by atoms with Gasteiger partial charge in [-0.2, -0.15) is 0 Å². The standard InChI is InChI=1S/C15H20ClNO/c1-10-6-5-9-13(11(10)2)14(16)15(18)17-12-7-3-4-8-12/h5-6,9,12,14H,3-4,7-8H2,1-2H3,(H,17,18). The number of hydrogen-bond donors (Lipinski definition) is 1. The number of nitrogens with one attached hydrogen (secondary N) is 1. The molecule has 1 N–H and O–H groups in total. The lowest BCUT2D eigenvalue weighted by molar-refractivity contribution is -0.121. The molecule has 2 nitrogen and oxygen atoms in total. The van der Waals surface area contributed by atoms with Crippen LogP contribution in [0.15, 0.2) is 18.2 Å². The molecule has 2 rings (SSSR count). The Labute approximate surface area is 114 Å². The van der Waals surface area contributed by atoms with Crippen LogP contribution in [0.25, 0.3) is 0 Å². The van der Waals surface area contributed by atoms with Crippen molar-refractivity contribution in [2.24, 2.45) is 0 Å². The normalized spacial score (nSPS) is 17.7. The summed E-state index contributed by atoms with van der Waals surface area (Å²) in [4.78, 5) is 12.1. The molecular formula is C15H20ClNO. The molecule has 0 heterocycles. The Morgan fingerprint density at radius 2 is 2.00 bits per heavy atom. The lowest BCUT2D eigenvalue weighted by Gasteiger charge is -2.17. The van der Waals surface area contributed by atoms with Gasteiger partial charge in [0.1, 0.15) is 5.38 Å². The zero-order valence-corrected chi connectivity index (χ0v) is 11.8. The van der Waals surface area contributed by atoms with E-state index in [0.717, 1.165) is 24.0 Å². The van der Waals surface area contributed by atoms with Crippen LogP contribution in [0.4, 0.5) is 0 Å². The molecule has 18 heavy (non-hydrogen) atoms. The zero-order chi connectivity index (χ0) is 13.1. The fourth-order valence-electron chi connectivity index (χ4n) is 2.53. The number of halogens is 1. The van der Waals surface area contributed by atoms with Crippen LogP contribution in [0.5, 0.6) is 0 Å². The minimum absolute atomic E-state index is 0.0581. The highest BCUT2D eigenvalue weighted by atomic mass is 35.5. The molecule has 0 bridgehead atoms. The van der Waals surface area contributed by atoms with E-state index in [1.807, 2.05) is 32.0 Å².